The van der Waals surface area contributed by atoms with Gasteiger partial charge in [0.2, 0.25) is 0 Å². The molecule has 0 aliphatic rings. The minimum atomic E-state index is 0.874. The molecule has 220 valence electrons. The molecule has 0 atom stereocenters. The van der Waals surface area contributed by atoms with Gasteiger partial charge in [0.15, 0.2) is 0 Å². The van der Waals surface area contributed by atoms with Gasteiger partial charge in [0.1, 0.15) is 11.2 Å². The number of rotatable bonds is 5. The monoisotopic (exact) mass is 600 g/mol. The van der Waals surface area contributed by atoms with Gasteiger partial charge in [-0.05, 0) is 82.6 Å². The fourth-order valence-corrected chi connectivity index (χ4v) is 7.47. The fourth-order valence-electron chi connectivity index (χ4n) is 7.47. The Kier molecular flexibility index (Phi) is 5.57. The van der Waals surface area contributed by atoms with E-state index in [1.807, 2.05) is 12.1 Å². The Morgan fingerprint density at radius 1 is 0.426 bits per heavy atom. The molecule has 0 N–H and O–H groups in total. The van der Waals surface area contributed by atoms with Crippen LogP contribution in [0.25, 0.3) is 71.3 Å². The van der Waals surface area contributed by atoms with Gasteiger partial charge in [-0.15, -0.1) is 0 Å². The van der Waals surface area contributed by atoms with E-state index < -0.39 is 0 Å². The summed E-state index contributed by atoms with van der Waals surface area (Å²) in [5.41, 5.74) is 10.9. The van der Waals surface area contributed by atoms with Crippen molar-refractivity contribution in [3.8, 4) is 16.8 Å². The van der Waals surface area contributed by atoms with Crippen LogP contribution in [-0.2, 0) is 0 Å². The van der Waals surface area contributed by atoms with E-state index >= 15 is 0 Å². The van der Waals surface area contributed by atoms with Crippen LogP contribution in [0.1, 0.15) is 0 Å². The van der Waals surface area contributed by atoms with Crippen molar-refractivity contribution in [1.82, 2.24) is 4.57 Å². The van der Waals surface area contributed by atoms with Gasteiger partial charge in [0, 0.05) is 33.2 Å². The minimum Gasteiger partial charge on any atom is -0.456 e. The Bertz CT molecular complexity index is 2670. The molecule has 47 heavy (non-hydrogen) atoms. The van der Waals surface area contributed by atoms with E-state index in [0.717, 1.165) is 44.7 Å². The highest BCUT2D eigenvalue weighted by Gasteiger charge is 2.21. The molecule has 0 fully saturated rings. The summed E-state index contributed by atoms with van der Waals surface area (Å²) in [7, 11) is 0. The van der Waals surface area contributed by atoms with Crippen molar-refractivity contribution in [3.63, 3.8) is 0 Å². The van der Waals surface area contributed by atoms with Gasteiger partial charge in [0.05, 0.1) is 22.1 Å². The first kappa shape index (κ1) is 26.0. The van der Waals surface area contributed by atoms with Crippen LogP contribution in [0.5, 0.6) is 0 Å². The maximum Gasteiger partial charge on any atom is 0.137 e. The lowest BCUT2D eigenvalue weighted by Crippen LogP contribution is -2.11. The first-order valence-corrected chi connectivity index (χ1v) is 16.0. The number of furan rings is 1. The predicted molar refractivity (Wildman–Crippen MR) is 197 cm³/mol. The Hall–Kier alpha value is -6.32. The van der Waals surface area contributed by atoms with E-state index in [9.17, 15) is 0 Å². The smallest absolute Gasteiger partial charge is 0.137 e. The van der Waals surface area contributed by atoms with E-state index in [-0.39, 0.29) is 0 Å². The van der Waals surface area contributed by atoms with E-state index in [2.05, 4.69) is 167 Å². The molecule has 3 heteroatoms. The van der Waals surface area contributed by atoms with Crippen LogP contribution in [0, 0.1) is 0 Å². The standard InChI is InChI=1S/C44H28N2O/c1-2-10-29(11-3-1)30-24-26-33(27-25-30)45(39-19-9-21-41-44(39)36-16-4-5-20-40(36)47-41)34-14-8-15-35(28-34)46-37-17-6-12-31-22-23-32-13-7-18-38(46)43(32)42(31)37/h1-28H. The number of para-hydroxylation sites is 1. The predicted octanol–water partition coefficient (Wildman–Crippen LogP) is 12.4. The zero-order valence-electron chi connectivity index (χ0n) is 25.5. The van der Waals surface area contributed by atoms with Crippen LogP contribution in [0.4, 0.5) is 17.1 Å². The molecule has 3 nitrogen and oxygen atoms in total. The molecule has 0 aliphatic carbocycles. The van der Waals surface area contributed by atoms with Gasteiger partial charge in [-0.2, -0.15) is 0 Å². The molecule has 10 aromatic rings. The molecule has 2 aromatic heterocycles. The van der Waals surface area contributed by atoms with E-state index in [1.54, 1.807) is 0 Å². The van der Waals surface area contributed by atoms with Crippen molar-refractivity contribution in [3.05, 3.63) is 170 Å². The largest absolute Gasteiger partial charge is 0.456 e. The summed E-state index contributed by atoms with van der Waals surface area (Å²) in [5, 5.41) is 7.36. The Morgan fingerprint density at radius 2 is 1.06 bits per heavy atom. The molecule has 0 unspecified atom stereocenters. The average Bonchev–Trinajstić information content (AvgIpc) is 3.69. The van der Waals surface area contributed by atoms with E-state index in [1.165, 1.54) is 43.7 Å². The van der Waals surface area contributed by atoms with Gasteiger partial charge in [-0.1, -0.05) is 109 Å². The molecule has 2 heterocycles. The van der Waals surface area contributed by atoms with Crippen molar-refractivity contribution in [2.75, 3.05) is 4.90 Å². The molecule has 0 spiro atoms. The summed E-state index contributed by atoms with van der Waals surface area (Å²) >= 11 is 0. The highest BCUT2D eigenvalue weighted by Crippen LogP contribution is 2.44. The van der Waals surface area contributed by atoms with Crippen molar-refractivity contribution in [1.29, 1.82) is 0 Å². The van der Waals surface area contributed by atoms with Crippen LogP contribution < -0.4 is 4.90 Å². The summed E-state index contributed by atoms with van der Waals surface area (Å²) in [6, 6.07) is 60.7. The molecular weight excluding hydrogens is 572 g/mol. The van der Waals surface area contributed by atoms with Gasteiger partial charge >= 0.3 is 0 Å². The highest BCUT2D eigenvalue weighted by molar-refractivity contribution is 6.24. The molecule has 0 saturated heterocycles. The summed E-state index contributed by atoms with van der Waals surface area (Å²) < 4.78 is 8.78. The van der Waals surface area contributed by atoms with E-state index in [0.29, 0.717) is 0 Å². The van der Waals surface area contributed by atoms with Crippen LogP contribution in [0.15, 0.2) is 174 Å². The fraction of sp³-hybridized carbons (Fsp3) is 0. The number of aromatic nitrogens is 1. The number of nitrogens with zero attached hydrogens (tertiary/aromatic N) is 2. The Labute approximate surface area is 271 Å². The second kappa shape index (κ2) is 10.1. The van der Waals surface area contributed by atoms with Gasteiger partial charge in [-0.25, -0.2) is 0 Å². The van der Waals surface area contributed by atoms with Crippen molar-refractivity contribution in [2.24, 2.45) is 0 Å². The van der Waals surface area contributed by atoms with Gasteiger partial charge in [-0.3, -0.25) is 0 Å². The number of hydrogen-bond acceptors (Lipinski definition) is 2. The Balaban J connectivity index is 1.22. The van der Waals surface area contributed by atoms with Crippen LogP contribution in [0.2, 0.25) is 0 Å². The lowest BCUT2D eigenvalue weighted by molar-refractivity contribution is 0.669. The SMILES string of the molecule is c1ccc(-c2ccc(N(c3cccc(-n4c5cccc6ccc7cccc4c7c65)c3)c3cccc4oc5ccccc5c34)cc2)cc1. The molecule has 0 radical (unpaired) electrons. The lowest BCUT2D eigenvalue weighted by atomic mass is 10.0. The average molecular weight is 601 g/mol. The number of anilines is 3. The second-order valence-corrected chi connectivity index (χ2v) is 12.2. The summed E-state index contributed by atoms with van der Waals surface area (Å²) in [4.78, 5) is 2.37. The third-order valence-corrected chi connectivity index (χ3v) is 9.52. The molecule has 0 amide bonds. The quantitative estimate of drug-likeness (QED) is 0.183. The van der Waals surface area contributed by atoms with Gasteiger partial charge < -0.3 is 13.9 Å². The number of benzene rings is 8. The molecule has 0 aliphatic heterocycles. The second-order valence-electron chi connectivity index (χ2n) is 12.2. The van der Waals surface area contributed by atoms with Crippen molar-refractivity contribution < 1.29 is 4.42 Å². The first-order valence-electron chi connectivity index (χ1n) is 16.0. The maximum atomic E-state index is 6.36. The van der Waals surface area contributed by atoms with Crippen LogP contribution >= 0.6 is 0 Å². The number of fused-ring (bicyclic) bond motifs is 3. The van der Waals surface area contributed by atoms with Gasteiger partial charge in [0.25, 0.3) is 0 Å². The summed E-state index contributed by atoms with van der Waals surface area (Å²) in [6.07, 6.45) is 0. The summed E-state index contributed by atoms with van der Waals surface area (Å²) in [6.45, 7) is 0. The molecule has 0 saturated carbocycles. The highest BCUT2D eigenvalue weighted by atomic mass is 16.3. The Morgan fingerprint density at radius 3 is 1.83 bits per heavy atom. The third-order valence-electron chi connectivity index (χ3n) is 9.52. The lowest BCUT2D eigenvalue weighted by Gasteiger charge is -2.27. The molecule has 8 aromatic carbocycles. The topological polar surface area (TPSA) is 21.3 Å². The summed E-state index contributed by atoms with van der Waals surface area (Å²) in [5.74, 6) is 0. The zero-order chi connectivity index (χ0) is 30.9. The minimum absolute atomic E-state index is 0.874. The normalized spacial score (nSPS) is 11.8. The zero-order valence-corrected chi connectivity index (χ0v) is 25.5. The van der Waals surface area contributed by atoms with Crippen LogP contribution in [-0.4, -0.2) is 4.57 Å². The molecule has 10 rings (SSSR count). The first-order chi connectivity index (χ1) is 23.3. The number of hydrogen-bond donors (Lipinski definition) is 0. The molecular formula is C44H28N2O. The van der Waals surface area contributed by atoms with Crippen molar-refractivity contribution >= 4 is 71.6 Å². The maximum absolute atomic E-state index is 6.36. The molecule has 0 bridgehead atoms. The van der Waals surface area contributed by atoms with Crippen LogP contribution in [0.3, 0.4) is 0 Å². The third kappa shape index (κ3) is 3.93. The van der Waals surface area contributed by atoms with E-state index in [4.69, 9.17) is 4.42 Å². The van der Waals surface area contributed by atoms with Crippen molar-refractivity contribution in [2.45, 2.75) is 0 Å².